The van der Waals surface area contributed by atoms with Gasteiger partial charge in [0.1, 0.15) is 29.7 Å². The Morgan fingerprint density at radius 3 is 2.81 bits per heavy atom. The Hall–Kier alpha value is -2.30. The zero-order chi connectivity index (χ0) is 18.4. The molecule has 1 aromatic heterocycles. The van der Waals surface area contributed by atoms with Gasteiger partial charge in [-0.15, -0.1) is 0 Å². The fraction of sp³-hybridized carbons (Fsp3) is 0.421. The third kappa shape index (κ3) is 4.26. The number of piperidine rings is 1. The highest BCUT2D eigenvalue weighted by Crippen LogP contribution is 2.30. The quantitative estimate of drug-likeness (QED) is 0.622. The maximum Gasteiger partial charge on any atom is 0.270 e. The van der Waals surface area contributed by atoms with Crippen LogP contribution in [0.2, 0.25) is 0 Å². The lowest BCUT2D eigenvalue weighted by Gasteiger charge is -2.26. The smallest absolute Gasteiger partial charge is 0.270 e. The van der Waals surface area contributed by atoms with Crippen LogP contribution >= 0.6 is 11.8 Å². The molecule has 2 heterocycles. The molecule has 0 atom stereocenters. The van der Waals surface area contributed by atoms with E-state index in [1.807, 2.05) is 36.6 Å². The standard InChI is InChI=1S/C19H22N4O2S/c1-26-19-21-17(15(13-20)18(24)22-19)14-7-3-4-8-16(14)25-12-11-23-9-5-2-6-10-23/h3-4,7-8H,2,5-6,9-12H2,1H3,(H,21,22,24). The van der Waals surface area contributed by atoms with Gasteiger partial charge in [-0.25, -0.2) is 4.98 Å². The maximum atomic E-state index is 12.2. The molecule has 0 bridgehead atoms. The van der Waals surface area contributed by atoms with Crippen molar-refractivity contribution in [2.45, 2.75) is 24.4 Å². The lowest BCUT2D eigenvalue weighted by atomic mass is 10.1. The Morgan fingerprint density at radius 1 is 1.31 bits per heavy atom. The maximum absolute atomic E-state index is 12.2. The molecule has 1 aliphatic rings. The Balaban J connectivity index is 1.84. The zero-order valence-electron chi connectivity index (χ0n) is 14.8. The molecule has 1 N–H and O–H groups in total. The molecule has 1 aromatic carbocycles. The van der Waals surface area contributed by atoms with Gasteiger partial charge in [-0.3, -0.25) is 9.69 Å². The molecule has 0 spiro atoms. The Morgan fingerprint density at radius 2 is 2.08 bits per heavy atom. The number of thioether (sulfide) groups is 1. The summed E-state index contributed by atoms with van der Waals surface area (Å²) in [7, 11) is 0. The van der Waals surface area contributed by atoms with Gasteiger partial charge in [-0.2, -0.15) is 5.26 Å². The van der Waals surface area contributed by atoms with E-state index in [0.29, 0.717) is 28.8 Å². The normalized spacial score (nSPS) is 14.8. The number of H-pyrrole nitrogens is 1. The van der Waals surface area contributed by atoms with Crippen LogP contribution in [0.1, 0.15) is 24.8 Å². The van der Waals surface area contributed by atoms with Crippen molar-refractivity contribution in [3.8, 4) is 23.1 Å². The SMILES string of the molecule is CSc1nc(-c2ccccc2OCCN2CCCCC2)c(C#N)c(=O)[nH]1. The van der Waals surface area contributed by atoms with Gasteiger partial charge in [0.15, 0.2) is 5.16 Å². The van der Waals surface area contributed by atoms with Crippen LogP contribution in [0, 0.1) is 11.3 Å². The van der Waals surface area contributed by atoms with E-state index in [2.05, 4.69) is 14.9 Å². The monoisotopic (exact) mass is 370 g/mol. The van der Waals surface area contributed by atoms with E-state index in [-0.39, 0.29) is 5.56 Å². The Kier molecular flexibility index (Phi) is 6.31. The molecule has 7 heteroatoms. The number of nitrogens with one attached hydrogen (secondary N) is 1. The molecule has 0 radical (unpaired) electrons. The summed E-state index contributed by atoms with van der Waals surface area (Å²) in [6, 6.07) is 9.40. The minimum atomic E-state index is -0.426. The van der Waals surface area contributed by atoms with Crippen LogP contribution < -0.4 is 10.3 Å². The molecule has 136 valence electrons. The van der Waals surface area contributed by atoms with E-state index < -0.39 is 5.56 Å². The summed E-state index contributed by atoms with van der Waals surface area (Å²) in [4.78, 5) is 21.6. The number of ether oxygens (including phenoxy) is 1. The predicted octanol–water partition coefficient (Wildman–Crippen LogP) is 2.90. The first-order chi connectivity index (χ1) is 12.7. The molecular weight excluding hydrogens is 348 g/mol. The second-order valence-electron chi connectivity index (χ2n) is 6.16. The van der Waals surface area contributed by atoms with Crippen molar-refractivity contribution in [2.75, 3.05) is 32.5 Å². The Labute approximate surface area is 157 Å². The van der Waals surface area contributed by atoms with E-state index in [4.69, 9.17) is 4.74 Å². The molecule has 1 aliphatic heterocycles. The van der Waals surface area contributed by atoms with E-state index in [1.165, 1.54) is 31.0 Å². The van der Waals surface area contributed by atoms with Crippen LogP contribution in [-0.4, -0.2) is 47.4 Å². The number of para-hydroxylation sites is 1. The molecule has 1 fully saturated rings. The van der Waals surface area contributed by atoms with Gasteiger partial charge < -0.3 is 9.72 Å². The van der Waals surface area contributed by atoms with Crippen LogP contribution in [0.4, 0.5) is 0 Å². The van der Waals surface area contributed by atoms with E-state index in [9.17, 15) is 10.1 Å². The number of likely N-dealkylation sites (tertiary alicyclic amines) is 1. The first-order valence-corrected chi connectivity index (χ1v) is 9.98. The lowest BCUT2D eigenvalue weighted by molar-refractivity contribution is 0.183. The van der Waals surface area contributed by atoms with Crippen LogP contribution in [0.25, 0.3) is 11.3 Å². The molecule has 0 amide bonds. The third-order valence-corrected chi connectivity index (χ3v) is 5.04. The summed E-state index contributed by atoms with van der Waals surface area (Å²) in [5.41, 5.74) is 0.623. The second kappa shape index (κ2) is 8.88. The molecule has 0 unspecified atom stereocenters. The number of nitriles is 1. The minimum absolute atomic E-state index is 0.00915. The summed E-state index contributed by atoms with van der Waals surface area (Å²) in [5.74, 6) is 0.645. The largest absolute Gasteiger partial charge is 0.492 e. The first-order valence-electron chi connectivity index (χ1n) is 8.76. The van der Waals surface area contributed by atoms with Gasteiger partial charge in [0.25, 0.3) is 5.56 Å². The molecule has 26 heavy (non-hydrogen) atoms. The Bertz CT molecular complexity index is 853. The van der Waals surface area contributed by atoms with Crippen LogP contribution in [0.15, 0.2) is 34.2 Å². The van der Waals surface area contributed by atoms with Crippen molar-refractivity contribution >= 4 is 11.8 Å². The van der Waals surface area contributed by atoms with Crippen molar-refractivity contribution in [1.82, 2.24) is 14.9 Å². The van der Waals surface area contributed by atoms with E-state index in [1.54, 1.807) is 0 Å². The number of rotatable bonds is 6. The highest BCUT2D eigenvalue weighted by Gasteiger charge is 2.17. The first kappa shape index (κ1) is 18.5. The summed E-state index contributed by atoms with van der Waals surface area (Å²) < 4.78 is 6.00. The number of aromatic amines is 1. The number of benzene rings is 1. The van der Waals surface area contributed by atoms with Gasteiger partial charge in [0.2, 0.25) is 0 Å². The van der Waals surface area contributed by atoms with E-state index in [0.717, 1.165) is 19.6 Å². The van der Waals surface area contributed by atoms with Crippen molar-refractivity contribution in [3.63, 3.8) is 0 Å². The molecule has 1 saturated heterocycles. The summed E-state index contributed by atoms with van der Waals surface area (Å²) in [6.45, 7) is 3.68. The number of hydrogen-bond acceptors (Lipinski definition) is 6. The van der Waals surface area contributed by atoms with Crippen LogP contribution in [0.3, 0.4) is 0 Å². The summed E-state index contributed by atoms with van der Waals surface area (Å²) in [6.07, 6.45) is 5.63. The topological polar surface area (TPSA) is 82.0 Å². The minimum Gasteiger partial charge on any atom is -0.492 e. The number of hydrogen-bond donors (Lipinski definition) is 1. The van der Waals surface area contributed by atoms with Crippen molar-refractivity contribution in [2.24, 2.45) is 0 Å². The highest BCUT2D eigenvalue weighted by molar-refractivity contribution is 7.98. The zero-order valence-corrected chi connectivity index (χ0v) is 15.6. The van der Waals surface area contributed by atoms with E-state index >= 15 is 0 Å². The van der Waals surface area contributed by atoms with Crippen molar-refractivity contribution in [3.05, 3.63) is 40.2 Å². The molecule has 3 rings (SSSR count). The van der Waals surface area contributed by atoms with Gasteiger partial charge in [-0.1, -0.05) is 30.3 Å². The van der Waals surface area contributed by atoms with Crippen molar-refractivity contribution < 1.29 is 4.74 Å². The fourth-order valence-electron chi connectivity index (χ4n) is 3.10. The van der Waals surface area contributed by atoms with Crippen LogP contribution in [0.5, 0.6) is 5.75 Å². The van der Waals surface area contributed by atoms with Gasteiger partial charge in [-0.05, 0) is 44.3 Å². The van der Waals surface area contributed by atoms with Crippen molar-refractivity contribution in [1.29, 1.82) is 5.26 Å². The number of nitrogens with zero attached hydrogens (tertiary/aromatic N) is 3. The average molecular weight is 370 g/mol. The van der Waals surface area contributed by atoms with Gasteiger partial charge in [0, 0.05) is 12.1 Å². The summed E-state index contributed by atoms with van der Waals surface area (Å²) >= 11 is 1.33. The molecule has 0 saturated carbocycles. The average Bonchev–Trinajstić information content (AvgIpc) is 2.68. The second-order valence-corrected chi connectivity index (χ2v) is 6.95. The lowest BCUT2D eigenvalue weighted by Crippen LogP contribution is -2.33. The third-order valence-electron chi connectivity index (χ3n) is 4.46. The van der Waals surface area contributed by atoms with Crippen LogP contribution in [-0.2, 0) is 0 Å². The summed E-state index contributed by atoms with van der Waals surface area (Å²) in [5, 5.41) is 9.88. The molecule has 0 aliphatic carbocycles. The fourth-order valence-corrected chi connectivity index (χ4v) is 3.48. The molecule has 2 aromatic rings. The highest BCUT2D eigenvalue weighted by atomic mass is 32.2. The van der Waals surface area contributed by atoms with Gasteiger partial charge >= 0.3 is 0 Å². The molecular formula is C19H22N4O2S. The van der Waals surface area contributed by atoms with Gasteiger partial charge in [0.05, 0.1) is 0 Å². The number of aromatic nitrogens is 2. The predicted molar refractivity (Wildman–Crippen MR) is 103 cm³/mol. The molecule has 6 nitrogen and oxygen atoms in total.